The minimum absolute atomic E-state index is 0.000191. The number of hydrogen-bond donors (Lipinski definition) is 1. The van der Waals surface area contributed by atoms with Crippen molar-refractivity contribution >= 4 is 50.5 Å². The summed E-state index contributed by atoms with van der Waals surface area (Å²) in [5.74, 6) is -0.842. The molecule has 0 heterocycles. The van der Waals surface area contributed by atoms with Gasteiger partial charge >= 0.3 is 6.18 Å². The second-order valence-electron chi connectivity index (χ2n) is 5.49. The molecule has 146 valence electrons. The standard InChI is InChI=1S/C16H13Cl2F3N2O3S/c1-27(25,26)23(14-6-5-11(17)8-13(14)18)9-15(24)22-12-4-2-3-10(7-12)16(19,20)21/h2-8H,9H2,1H3,(H,22,24). The molecule has 1 amide bonds. The maximum atomic E-state index is 12.7. The molecular formula is C16H13Cl2F3N2O3S. The summed E-state index contributed by atoms with van der Waals surface area (Å²) in [6.07, 6.45) is -3.70. The molecule has 0 aromatic heterocycles. The molecule has 0 bridgehead atoms. The van der Waals surface area contributed by atoms with Gasteiger partial charge in [0.2, 0.25) is 15.9 Å². The van der Waals surface area contributed by atoms with Gasteiger partial charge < -0.3 is 5.32 Å². The van der Waals surface area contributed by atoms with Crippen LogP contribution in [0.25, 0.3) is 0 Å². The van der Waals surface area contributed by atoms with Crippen LogP contribution in [0.4, 0.5) is 24.5 Å². The van der Waals surface area contributed by atoms with Crippen LogP contribution in [0, 0.1) is 0 Å². The van der Waals surface area contributed by atoms with Gasteiger partial charge in [0.15, 0.2) is 0 Å². The number of carbonyl (C=O) groups excluding carboxylic acids is 1. The molecule has 0 aliphatic heterocycles. The zero-order valence-electron chi connectivity index (χ0n) is 13.7. The average Bonchev–Trinajstić information content (AvgIpc) is 2.52. The quantitative estimate of drug-likeness (QED) is 0.748. The van der Waals surface area contributed by atoms with Crippen molar-refractivity contribution in [3.05, 3.63) is 58.1 Å². The van der Waals surface area contributed by atoms with Crippen LogP contribution in [-0.4, -0.2) is 27.1 Å². The Kier molecular flexibility index (Phi) is 6.28. The Balaban J connectivity index is 2.25. The summed E-state index contributed by atoms with van der Waals surface area (Å²) in [6, 6.07) is 8.01. The molecular weight excluding hydrogens is 428 g/mol. The van der Waals surface area contributed by atoms with Crippen molar-refractivity contribution in [2.24, 2.45) is 0 Å². The molecule has 27 heavy (non-hydrogen) atoms. The molecule has 2 rings (SSSR count). The van der Waals surface area contributed by atoms with Crippen LogP contribution < -0.4 is 9.62 Å². The highest BCUT2D eigenvalue weighted by Crippen LogP contribution is 2.32. The molecule has 0 unspecified atom stereocenters. The van der Waals surface area contributed by atoms with E-state index in [1.54, 1.807) is 0 Å². The summed E-state index contributed by atoms with van der Waals surface area (Å²) in [6.45, 7) is -0.684. The van der Waals surface area contributed by atoms with Crippen molar-refractivity contribution in [3.8, 4) is 0 Å². The van der Waals surface area contributed by atoms with E-state index in [0.29, 0.717) is 0 Å². The lowest BCUT2D eigenvalue weighted by Crippen LogP contribution is -2.37. The smallest absolute Gasteiger partial charge is 0.325 e. The average molecular weight is 441 g/mol. The molecule has 2 aromatic carbocycles. The molecule has 1 N–H and O–H groups in total. The van der Waals surface area contributed by atoms with Gasteiger partial charge in [-0.3, -0.25) is 9.10 Å². The van der Waals surface area contributed by atoms with Crippen molar-refractivity contribution in [2.45, 2.75) is 6.18 Å². The first-order valence-electron chi connectivity index (χ1n) is 7.28. The Morgan fingerprint density at radius 1 is 1.15 bits per heavy atom. The normalized spacial score (nSPS) is 11.9. The first-order chi connectivity index (χ1) is 12.4. The molecule has 0 aliphatic carbocycles. The Hall–Kier alpha value is -1.97. The van der Waals surface area contributed by atoms with E-state index in [-0.39, 0.29) is 21.4 Å². The summed E-state index contributed by atoms with van der Waals surface area (Å²) in [4.78, 5) is 12.2. The number of rotatable bonds is 5. The highest BCUT2D eigenvalue weighted by atomic mass is 35.5. The zero-order valence-corrected chi connectivity index (χ0v) is 16.0. The second kappa shape index (κ2) is 7.95. The van der Waals surface area contributed by atoms with Crippen molar-refractivity contribution < 1.29 is 26.4 Å². The van der Waals surface area contributed by atoms with Gasteiger partial charge in [0.1, 0.15) is 6.54 Å². The predicted octanol–water partition coefficient (Wildman–Crippen LogP) is 4.42. The molecule has 0 saturated carbocycles. The number of carbonyl (C=O) groups is 1. The van der Waals surface area contributed by atoms with Gasteiger partial charge in [0.05, 0.1) is 22.5 Å². The zero-order chi connectivity index (χ0) is 20.4. The maximum Gasteiger partial charge on any atom is 0.416 e. The summed E-state index contributed by atoms with van der Waals surface area (Å²) in [5, 5.41) is 2.51. The lowest BCUT2D eigenvalue weighted by molar-refractivity contribution is -0.137. The fraction of sp³-hybridized carbons (Fsp3) is 0.188. The van der Waals surface area contributed by atoms with Crippen molar-refractivity contribution in [1.29, 1.82) is 0 Å². The molecule has 5 nitrogen and oxygen atoms in total. The SMILES string of the molecule is CS(=O)(=O)N(CC(=O)Nc1cccc(C(F)(F)F)c1)c1ccc(Cl)cc1Cl. The summed E-state index contributed by atoms with van der Waals surface area (Å²) >= 11 is 11.8. The highest BCUT2D eigenvalue weighted by molar-refractivity contribution is 7.92. The predicted molar refractivity (Wildman–Crippen MR) is 98.7 cm³/mol. The first-order valence-corrected chi connectivity index (χ1v) is 9.88. The van der Waals surface area contributed by atoms with E-state index in [1.165, 1.54) is 24.3 Å². The van der Waals surface area contributed by atoms with Gasteiger partial charge in [-0.1, -0.05) is 29.3 Å². The third kappa shape index (κ3) is 5.75. The van der Waals surface area contributed by atoms with E-state index in [0.717, 1.165) is 28.8 Å². The monoisotopic (exact) mass is 440 g/mol. The van der Waals surface area contributed by atoms with Crippen molar-refractivity contribution in [2.75, 3.05) is 22.4 Å². The molecule has 0 spiro atoms. The van der Waals surface area contributed by atoms with Gasteiger partial charge in [-0.15, -0.1) is 0 Å². The lowest BCUT2D eigenvalue weighted by Gasteiger charge is -2.23. The number of nitrogens with one attached hydrogen (secondary N) is 1. The topological polar surface area (TPSA) is 66.5 Å². The molecule has 0 fully saturated rings. The Labute approximate surface area is 163 Å². The number of anilines is 2. The third-order valence-corrected chi connectivity index (χ3v) is 5.00. The molecule has 2 aromatic rings. The minimum atomic E-state index is -4.57. The van der Waals surface area contributed by atoms with Gasteiger partial charge in [-0.25, -0.2) is 8.42 Å². The van der Waals surface area contributed by atoms with Crippen molar-refractivity contribution in [1.82, 2.24) is 0 Å². The van der Waals surface area contributed by atoms with Gasteiger partial charge in [0, 0.05) is 10.7 Å². The minimum Gasteiger partial charge on any atom is -0.325 e. The fourth-order valence-corrected chi connectivity index (χ4v) is 3.60. The van der Waals surface area contributed by atoms with Gasteiger partial charge in [0.25, 0.3) is 0 Å². The van der Waals surface area contributed by atoms with E-state index in [4.69, 9.17) is 23.2 Å². The van der Waals surface area contributed by atoms with Crippen LogP contribution in [0.5, 0.6) is 0 Å². The van der Waals surface area contributed by atoms with E-state index in [1.807, 2.05) is 0 Å². The summed E-state index contributed by atoms with van der Waals surface area (Å²) in [5.41, 5.74) is -1.05. The van der Waals surface area contributed by atoms with E-state index in [2.05, 4.69) is 5.32 Å². The summed E-state index contributed by atoms with van der Waals surface area (Å²) < 4.78 is 63.1. The maximum absolute atomic E-state index is 12.7. The number of amides is 1. The lowest BCUT2D eigenvalue weighted by atomic mass is 10.2. The number of nitrogens with zero attached hydrogens (tertiary/aromatic N) is 1. The number of alkyl halides is 3. The van der Waals surface area contributed by atoms with Crippen molar-refractivity contribution in [3.63, 3.8) is 0 Å². The van der Waals surface area contributed by atoms with E-state index in [9.17, 15) is 26.4 Å². The Bertz CT molecular complexity index is 966. The number of sulfonamides is 1. The largest absolute Gasteiger partial charge is 0.416 e. The fourth-order valence-electron chi connectivity index (χ4n) is 2.17. The third-order valence-electron chi connectivity index (χ3n) is 3.34. The van der Waals surface area contributed by atoms with Gasteiger partial charge in [-0.05, 0) is 36.4 Å². The second-order valence-corrected chi connectivity index (χ2v) is 8.24. The van der Waals surface area contributed by atoms with E-state index >= 15 is 0 Å². The molecule has 0 atom stereocenters. The Morgan fingerprint density at radius 2 is 1.81 bits per heavy atom. The number of hydrogen-bond acceptors (Lipinski definition) is 3. The molecule has 0 aliphatic rings. The van der Waals surface area contributed by atoms with Crippen LogP contribution in [0.2, 0.25) is 10.0 Å². The number of halogens is 5. The first kappa shape index (κ1) is 21.3. The van der Waals surface area contributed by atoms with Crippen LogP contribution in [0.15, 0.2) is 42.5 Å². The number of benzene rings is 2. The van der Waals surface area contributed by atoms with Crippen LogP contribution in [0.1, 0.15) is 5.56 Å². The molecule has 11 heteroatoms. The van der Waals surface area contributed by atoms with E-state index < -0.39 is 34.2 Å². The highest BCUT2D eigenvalue weighted by Gasteiger charge is 2.30. The summed E-state index contributed by atoms with van der Waals surface area (Å²) in [7, 11) is -3.91. The molecule has 0 radical (unpaired) electrons. The van der Waals surface area contributed by atoms with Crippen LogP contribution in [0.3, 0.4) is 0 Å². The van der Waals surface area contributed by atoms with Crippen LogP contribution >= 0.6 is 23.2 Å². The van der Waals surface area contributed by atoms with Crippen LogP contribution in [-0.2, 0) is 21.0 Å². The Morgan fingerprint density at radius 3 is 2.37 bits per heavy atom. The molecule has 0 saturated heterocycles. The van der Waals surface area contributed by atoms with Gasteiger partial charge in [-0.2, -0.15) is 13.2 Å².